The molecule has 1 fully saturated rings. The van der Waals surface area contributed by atoms with Crippen LogP contribution in [0.3, 0.4) is 0 Å². The number of amidine groups is 1. The summed E-state index contributed by atoms with van der Waals surface area (Å²) >= 11 is 1.85. The molecule has 0 spiro atoms. The van der Waals surface area contributed by atoms with E-state index < -0.39 is 0 Å². The molecule has 1 aliphatic rings. The number of aliphatic imine (C=N–C) groups is 1. The molecule has 0 saturated carbocycles. The van der Waals surface area contributed by atoms with Crippen molar-refractivity contribution < 1.29 is 0 Å². The van der Waals surface area contributed by atoms with Crippen LogP contribution in [0, 0.1) is 5.41 Å². The summed E-state index contributed by atoms with van der Waals surface area (Å²) in [5, 5.41) is 4.71. The first-order valence-electron chi connectivity index (χ1n) is 7.89. The molecule has 3 heteroatoms. The van der Waals surface area contributed by atoms with E-state index >= 15 is 0 Å². The van der Waals surface area contributed by atoms with Crippen molar-refractivity contribution in [2.75, 3.05) is 5.75 Å². The van der Waals surface area contributed by atoms with Crippen molar-refractivity contribution in [2.24, 2.45) is 10.4 Å². The summed E-state index contributed by atoms with van der Waals surface area (Å²) in [5.41, 5.74) is 2.97. The maximum absolute atomic E-state index is 4.76. The highest BCUT2D eigenvalue weighted by molar-refractivity contribution is 8.13. The van der Waals surface area contributed by atoms with Crippen LogP contribution in [-0.2, 0) is 6.54 Å². The van der Waals surface area contributed by atoms with Crippen LogP contribution < -0.4 is 5.32 Å². The molecule has 21 heavy (non-hydrogen) atoms. The zero-order chi connectivity index (χ0) is 15.5. The summed E-state index contributed by atoms with van der Waals surface area (Å²) < 4.78 is 0. The van der Waals surface area contributed by atoms with Gasteiger partial charge in [-0.15, -0.1) is 0 Å². The van der Waals surface area contributed by atoms with Crippen LogP contribution in [0.5, 0.6) is 0 Å². The van der Waals surface area contributed by atoms with Crippen molar-refractivity contribution in [3.8, 4) is 0 Å². The van der Waals surface area contributed by atoms with Gasteiger partial charge in [0.25, 0.3) is 0 Å². The lowest BCUT2D eigenvalue weighted by atomic mass is 9.85. The first kappa shape index (κ1) is 16.4. The third-order valence-corrected chi connectivity index (χ3v) is 5.00. The summed E-state index contributed by atoms with van der Waals surface area (Å²) in [6.07, 6.45) is 1.22. The lowest BCUT2D eigenvalue weighted by Crippen LogP contribution is -2.46. The molecule has 1 atom stereocenters. The van der Waals surface area contributed by atoms with Gasteiger partial charge in [0.2, 0.25) is 0 Å². The van der Waals surface area contributed by atoms with Crippen molar-refractivity contribution in [2.45, 2.75) is 59.5 Å². The average molecular weight is 305 g/mol. The highest BCUT2D eigenvalue weighted by atomic mass is 32.2. The van der Waals surface area contributed by atoms with E-state index in [2.05, 4.69) is 64.2 Å². The van der Waals surface area contributed by atoms with E-state index in [4.69, 9.17) is 4.99 Å². The van der Waals surface area contributed by atoms with Crippen molar-refractivity contribution in [3.63, 3.8) is 0 Å². The first-order chi connectivity index (χ1) is 9.86. The largest absolute Gasteiger partial charge is 0.362 e. The van der Waals surface area contributed by atoms with E-state index in [1.165, 1.54) is 23.3 Å². The topological polar surface area (TPSA) is 24.4 Å². The zero-order valence-corrected chi connectivity index (χ0v) is 14.8. The van der Waals surface area contributed by atoms with Gasteiger partial charge in [0.15, 0.2) is 5.17 Å². The summed E-state index contributed by atoms with van der Waals surface area (Å²) in [6, 6.07) is 9.38. The maximum atomic E-state index is 4.76. The second-order valence-electron chi connectivity index (χ2n) is 7.22. The van der Waals surface area contributed by atoms with Gasteiger partial charge in [-0.3, -0.25) is 4.99 Å². The van der Waals surface area contributed by atoms with Crippen LogP contribution in [0.4, 0.5) is 0 Å². The third-order valence-electron chi connectivity index (χ3n) is 4.04. The van der Waals surface area contributed by atoms with Crippen molar-refractivity contribution >= 4 is 16.9 Å². The molecule has 116 valence electrons. The van der Waals surface area contributed by atoms with Gasteiger partial charge in [0.05, 0.1) is 6.54 Å². The third kappa shape index (κ3) is 4.77. The monoisotopic (exact) mass is 304 g/mol. The van der Waals surface area contributed by atoms with Crippen LogP contribution in [0.25, 0.3) is 0 Å². The molecule has 0 amide bonds. The number of nitrogens with one attached hydrogen (secondary N) is 1. The van der Waals surface area contributed by atoms with Gasteiger partial charge in [0, 0.05) is 11.8 Å². The smallest absolute Gasteiger partial charge is 0.157 e. The maximum Gasteiger partial charge on any atom is 0.157 e. The molecular formula is C18H28N2S. The molecule has 0 aromatic heterocycles. The van der Waals surface area contributed by atoms with E-state index in [0.29, 0.717) is 17.4 Å². The van der Waals surface area contributed by atoms with Gasteiger partial charge in [-0.1, -0.05) is 70.6 Å². The van der Waals surface area contributed by atoms with Gasteiger partial charge in [-0.05, 0) is 28.9 Å². The standard InChI is InChI=1S/C18H28N2S/c1-13(2)15-8-6-14(7-9-15)12-19-17-20-16(10-11-21-17)18(3,4)5/h6-9,13,16H,10-12H2,1-5H3,(H,19,20). The summed E-state index contributed by atoms with van der Waals surface area (Å²) in [5.74, 6) is 1.76. The molecule has 1 saturated heterocycles. The highest BCUT2D eigenvalue weighted by Crippen LogP contribution is 2.27. The number of hydrogen-bond acceptors (Lipinski definition) is 2. The molecule has 1 aromatic carbocycles. The lowest BCUT2D eigenvalue weighted by Gasteiger charge is -2.35. The van der Waals surface area contributed by atoms with Gasteiger partial charge in [-0.25, -0.2) is 0 Å². The molecule has 1 heterocycles. The Morgan fingerprint density at radius 3 is 2.48 bits per heavy atom. The van der Waals surface area contributed by atoms with Crippen LogP contribution in [0.2, 0.25) is 0 Å². The Morgan fingerprint density at radius 1 is 1.24 bits per heavy atom. The summed E-state index contributed by atoms with van der Waals surface area (Å²) in [6.45, 7) is 12.1. The molecule has 0 bridgehead atoms. The van der Waals surface area contributed by atoms with Crippen molar-refractivity contribution in [1.82, 2.24) is 5.32 Å². The van der Waals surface area contributed by atoms with Crippen LogP contribution in [0.15, 0.2) is 29.3 Å². The van der Waals surface area contributed by atoms with E-state index in [0.717, 1.165) is 11.7 Å². The Kier molecular flexibility index (Phi) is 5.37. The van der Waals surface area contributed by atoms with Gasteiger partial charge in [0.1, 0.15) is 0 Å². The Hall–Kier alpha value is -0.960. The lowest BCUT2D eigenvalue weighted by molar-refractivity contribution is 0.290. The highest BCUT2D eigenvalue weighted by Gasteiger charge is 2.28. The molecule has 1 aliphatic heterocycles. The van der Waals surface area contributed by atoms with E-state index in [1.807, 2.05) is 11.8 Å². The first-order valence-corrected chi connectivity index (χ1v) is 8.87. The van der Waals surface area contributed by atoms with E-state index in [1.54, 1.807) is 0 Å². The second kappa shape index (κ2) is 6.87. The number of rotatable bonds is 3. The summed E-state index contributed by atoms with van der Waals surface area (Å²) in [7, 11) is 0. The Bertz CT molecular complexity index is 483. The normalized spacial score (nSPS) is 21.6. The minimum absolute atomic E-state index is 0.292. The van der Waals surface area contributed by atoms with E-state index in [-0.39, 0.29) is 0 Å². The fraction of sp³-hybridized carbons (Fsp3) is 0.611. The van der Waals surface area contributed by atoms with E-state index in [9.17, 15) is 0 Å². The van der Waals surface area contributed by atoms with Gasteiger partial charge in [-0.2, -0.15) is 0 Å². The Morgan fingerprint density at radius 2 is 1.90 bits per heavy atom. The number of thioether (sulfide) groups is 1. The predicted molar refractivity (Wildman–Crippen MR) is 95.1 cm³/mol. The molecule has 1 unspecified atom stereocenters. The SMILES string of the molecule is CC(C)c1ccc(CN=C2NC(C(C)(C)C)CCS2)cc1. The number of benzene rings is 1. The Labute approximate surface area is 133 Å². The fourth-order valence-electron chi connectivity index (χ4n) is 2.45. The zero-order valence-electron chi connectivity index (χ0n) is 13.9. The van der Waals surface area contributed by atoms with Gasteiger partial charge < -0.3 is 5.32 Å². The molecule has 2 nitrogen and oxygen atoms in total. The minimum Gasteiger partial charge on any atom is -0.362 e. The van der Waals surface area contributed by atoms with Gasteiger partial charge >= 0.3 is 0 Å². The molecular weight excluding hydrogens is 276 g/mol. The summed E-state index contributed by atoms with van der Waals surface area (Å²) in [4.78, 5) is 4.76. The van der Waals surface area contributed by atoms with Crippen LogP contribution in [-0.4, -0.2) is 17.0 Å². The molecule has 1 N–H and O–H groups in total. The number of nitrogens with zero attached hydrogens (tertiary/aromatic N) is 1. The fourth-order valence-corrected chi connectivity index (χ4v) is 3.38. The minimum atomic E-state index is 0.292. The Balaban J connectivity index is 1.97. The molecule has 2 rings (SSSR count). The predicted octanol–water partition coefficient (Wildman–Crippen LogP) is 4.81. The van der Waals surface area contributed by atoms with Crippen molar-refractivity contribution in [1.29, 1.82) is 0 Å². The molecule has 0 radical (unpaired) electrons. The quantitative estimate of drug-likeness (QED) is 0.867. The molecule has 1 aromatic rings. The second-order valence-corrected chi connectivity index (χ2v) is 8.30. The van der Waals surface area contributed by atoms with Crippen LogP contribution in [0.1, 0.15) is 58.1 Å². The van der Waals surface area contributed by atoms with Crippen LogP contribution >= 0.6 is 11.8 Å². The average Bonchev–Trinajstić information content (AvgIpc) is 2.45. The van der Waals surface area contributed by atoms with Crippen molar-refractivity contribution in [3.05, 3.63) is 35.4 Å². The number of hydrogen-bond donors (Lipinski definition) is 1. The molecule has 0 aliphatic carbocycles.